The largest absolute Gasteiger partial charge is 0.369 e. The number of hydrogen-bond acceptors (Lipinski definition) is 2. The molecule has 136 valence electrons. The van der Waals surface area contributed by atoms with Gasteiger partial charge in [0, 0.05) is 22.4 Å². The molecule has 0 spiro atoms. The second kappa shape index (κ2) is 8.72. The van der Waals surface area contributed by atoms with Gasteiger partial charge in [0.2, 0.25) is 0 Å². The Bertz CT molecular complexity index is 821. The van der Waals surface area contributed by atoms with Gasteiger partial charge >= 0.3 is 0 Å². The highest BCUT2D eigenvalue weighted by Gasteiger charge is 2.26. The summed E-state index contributed by atoms with van der Waals surface area (Å²) in [6.45, 7) is 3.31. The molecule has 0 bridgehead atoms. The van der Waals surface area contributed by atoms with E-state index in [1.807, 2.05) is 30.7 Å². The average molecular weight is 389 g/mol. The van der Waals surface area contributed by atoms with Crippen molar-refractivity contribution < 1.29 is 4.74 Å². The fourth-order valence-corrected chi connectivity index (χ4v) is 3.37. The lowest BCUT2D eigenvalue weighted by Gasteiger charge is -2.31. The molecule has 0 aliphatic carbocycles. The average Bonchev–Trinajstić information content (AvgIpc) is 3.13. The minimum Gasteiger partial charge on any atom is -0.369 e. The number of halogens is 2. The number of aromatic nitrogens is 2. The van der Waals surface area contributed by atoms with E-state index in [0.29, 0.717) is 16.7 Å². The lowest BCUT2D eigenvalue weighted by molar-refractivity contribution is -0.0602. The van der Waals surface area contributed by atoms with Crippen LogP contribution in [0.25, 0.3) is 0 Å². The fourth-order valence-electron chi connectivity index (χ4n) is 2.91. The molecule has 0 aliphatic rings. The van der Waals surface area contributed by atoms with Crippen molar-refractivity contribution >= 4 is 23.2 Å². The van der Waals surface area contributed by atoms with Crippen LogP contribution in [0.4, 0.5) is 0 Å². The van der Waals surface area contributed by atoms with Gasteiger partial charge in [-0.1, -0.05) is 59.6 Å². The summed E-state index contributed by atoms with van der Waals surface area (Å²) in [5.74, 6) is 0. The quantitative estimate of drug-likeness (QED) is 0.487. The molecule has 26 heavy (non-hydrogen) atoms. The smallest absolute Gasteiger partial charge is 0.0946 e. The van der Waals surface area contributed by atoms with E-state index in [4.69, 9.17) is 27.9 Å². The minimum atomic E-state index is -0.348. The maximum atomic E-state index is 6.36. The predicted molar refractivity (Wildman–Crippen MR) is 107 cm³/mol. The Morgan fingerprint density at radius 3 is 2.62 bits per heavy atom. The molecule has 0 amide bonds. The van der Waals surface area contributed by atoms with E-state index in [1.165, 1.54) is 5.56 Å². The van der Waals surface area contributed by atoms with Gasteiger partial charge in [-0.2, -0.15) is 0 Å². The van der Waals surface area contributed by atoms with Crippen LogP contribution in [-0.4, -0.2) is 15.2 Å². The summed E-state index contributed by atoms with van der Waals surface area (Å²) in [7, 11) is 0. The van der Waals surface area contributed by atoms with Gasteiger partial charge in [0.1, 0.15) is 0 Å². The summed E-state index contributed by atoms with van der Waals surface area (Å²) < 4.78 is 8.41. The molecule has 1 heterocycles. The molecule has 0 radical (unpaired) electrons. The van der Waals surface area contributed by atoms with Crippen LogP contribution in [0, 0.1) is 0 Å². The first-order valence-corrected chi connectivity index (χ1v) is 9.37. The molecule has 0 saturated heterocycles. The molecule has 2 aromatic carbocycles. The summed E-state index contributed by atoms with van der Waals surface area (Å²) >= 11 is 12.3. The van der Waals surface area contributed by atoms with Crippen molar-refractivity contribution in [1.29, 1.82) is 0 Å². The lowest BCUT2D eigenvalue weighted by Crippen LogP contribution is -2.34. The van der Waals surface area contributed by atoms with Gasteiger partial charge in [-0.25, -0.2) is 4.98 Å². The van der Waals surface area contributed by atoms with Crippen molar-refractivity contribution in [2.75, 3.05) is 0 Å². The number of benzene rings is 2. The molecular formula is C21H22Cl2N2O. The van der Waals surface area contributed by atoms with Crippen LogP contribution in [0.1, 0.15) is 24.5 Å². The van der Waals surface area contributed by atoms with E-state index in [9.17, 15) is 0 Å². The fraction of sp³-hybridized carbons (Fsp3) is 0.286. The monoisotopic (exact) mass is 388 g/mol. The maximum absolute atomic E-state index is 6.36. The van der Waals surface area contributed by atoms with Gasteiger partial charge in [0.15, 0.2) is 0 Å². The highest BCUT2D eigenvalue weighted by Crippen LogP contribution is 2.27. The molecule has 0 N–H and O–H groups in total. The van der Waals surface area contributed by atoms with E-state index >= 15 is 0 Å². The molecule has 5 heteroatoms. The van der Waals surface area contributed by atoms with Gasteiger partial charge < -0.3 is 9.30 Å². The molecule has 1 aromatic heterocycles. The molecule has 3 nitrogen and oxygen atoms in total. The zero-order valence-corrected chi connectivity index (χ0v) is 16.2. The summed E-state index contributed by atoms with van der Waals surface area (Å²) in [4.78, 5) is 4.14. The molecule has 0 fully saturated rings. The maximum Gasteiger partial charge on any atom is 0.0946 e. The van der Waals surface area contributed by atoms with Gasteiger partial charge in [-0.05, 0) is 43.0 Å². The highest BCUT2D eigenvalue weighted by molar-refractivity contribution is 6.35. The van der Waals surface area contributed by atoms with E-state index in [2.05, 4.69) is 40.7 Å². The van der Waals surface area contributed by atoms with E-state index in [-0.39, 0.29) is 5.60 Å². The van der Waals surface area contributed by atoms with Crippen molar-refractivity contribution in [3.05, 3.63) is 88.4 Å². The normalized spacial score (nSPS) is 13.5. The van der Waals surface area contributed by atoms with Crippen molar-refractivity contribution in [2.24, 2.45) is 0 Å². The third-order valence-corrected chi connectivity index (χ3v) is 5.04. The summed E-state index contributed by atoms with van der Waals surface area (Å²) in [5, 5.41) is 1.26. The van der Waals surface area contributed by atoms with Gasteiger partial charge in [-0.3, -0.25) is 0 Å². The predicted octanol–water partition coefficient (Wildman–Crippen LogP) is 5.80. The first kappa shape index (κ1) is 19.0. The molecule has 0 aliphatic heterocycles. The highest BCUT2D eigenvalue weighted by atomic mass is 35.5. The Morgan fingerprint density at radius 1 is 1.12 bits per heavy atom. The van der Waals surface area contributed by atoms with Crippen LogP contribution >= 0.6 is 23.2 Å². The molecular weight excluding hydrogens is 367 g/mol. The number of rotatable bonds is 8. The van der Waals surface area contributed by atoms with Gasteiger partial charge in [-0.15, -0.1) is 0 Å². The zero-order chi connectivity index (χ0) is 18.4. The summed E-state index contributed by atoms with van der Waals surface area (Å²) in [6, 6.07) is 16.0. The summed E-state index contributed by atoms with van der Waals surface area (Å²) in [6.07, 6.45) is 7.40. The van der Waals surface area contributed by atoms with E-state index < -0.39 is 0 Å². The van der Waals surface area contributed by atoms with Crippen LogP contribution in [0.15, 0.2) is 67.3 Å². The lowest BCUT2D eigenvalue weighted by atomic mass is 9.96. The second-order valence-corrected chi connectivity index (χ2v) is 7.54. The molecule has 1 unspecified atom stereocenters. The third kappa shape index (κ3) is 5.34. The topological polar surface area (TPSA) is 27.1 Å². The first-order chi connectivity index (χ1) is 12.5. The number of imidazole rings is 1. The number of hydrogen-bond donors (Lipinski definition) is 0. The van der Waals surface area contributed by atoms with Gasteiger partial charge in [0.25, 0.3) is 0 Å². The molecule has 3 rings (SSSR count). The Labute approximate surface area is 164 Å². The van der Waals surface area contributed by atoms with Crippen LogP contribution in [0.5, 0.6) is 0 Å². The Hall–Kier alpha value is -1.81. The zero-order valence-electron chi connectivity index (χ0n) is 14.7. The number of nitrogens with zero attached hydrogens (tertiary/aromatic N) is 2. The van der Waals surface area contributed by atoms with Crippen LogP contribution in [-0.2, 0) is 24.3 Å². The van der Waals surface area contributed by atoms with E-state index in [1.54, 1.807) is 12.3 Å². The number of aryl methyl sites for hydroxylation is 1. The van der Waals surface area contributed by atoms with Crippen LogP contribution < -0.4 is 0 Å². The number of ether oxygens (including phenoxy) is 1. The standard InChI is InChI=1S/C21H22Cl2N2O/c1-21(15-25-12-11-24-16-25,10-9-17-5-3-2-4-6-17)26-14-18-7-8-19(22)13-20(18)23/h2-8,11-13,16H,9-10,14-15H2,1H3. The Kier molecular flexibility index (Phi) is 6.36. The SMILES string of the molecule is CC(CCc1ccccc1)(Cn1ccnc1)OCc1ccc(Cl)cc1Cl. The first-order valence-electron chi connectivity index (χ1n) is 8.62. The van der Waals surface area contributed by atoms with E-state index in [0.717, 1.165) is 24.9 Å². The second-order valence-electron chi connectivity index (χ2n) is 6.69. The molecule has 3 aromatic rings. The molecule has 0 saturated carbocycles. The van der Waals surface area contributed by atoms with Crippen LogP contribution in [0.2, 0.25) is 10.0 Å². The van der Waals surface area contributed by atoms with Crippen molar-refractivity contribution in [2.45, 2.75) is 38.5 Å². The Morgan fingerprint density at radius 2 is 1.92 bits per heavy atom. The third-order valence-electron chi connectivity index (χ3n) is 4.45. The van der Waals surface area contributed by atoms with Crippen molar-refractivity contribution in [1.82, 2.24) is 9.55 Å². The van der Waals surface area contributed by atoms with Crippen molar-refractivity contribution in [3.63, 3.8) is 0 Å². The Balaban J connectivity index is 1.71. The van der Waals surface area contributed by atoms with Crippen LogP contribution in [0.3, 0.4) is 0 Å². The summed E-state index contributed by atoms with van der Waals surface area (Å²) in [5.41, 5.74) is 1.89. The molecule has 1 atom stereocenters. The van der Waals surface area contributed by atoms with Gasteiger partial charge in [0.05, 0.1) is 25.1 Å². The van der Waals surface area contributed by atoms with Crippen molar-refractivity contribution in [3.8, 4) is 0 Å². The minimum absolute atomic E-state index is 0.348.